The van der Waals surface area contributed by atoms with Crippen LogP contribution in [0.2, 0.25) is 0 Å². The van der Waals surface area contributed by atoms with Crippen LogP contribution in [0.15, 0.2) is 0 Å². The van der Waals surface area contributed by atoms with Gasteiger partial charge in [-0.05, 0) is 20.8 Å². The van der Waals surface area contributed by atoms with Crippen molar-refractivity contribution in [2.45, 2.75) is 46.2 Å². The summed E-state index contributed by atoms with van der Waals surface area (Å²) in [5.41, 5.74) is -0.871. The minimum absolute atomic E-state index is 0.693. The van der Waals surface area contributed by atoms with E-state index in [2.05, 4.69) is 14.2 Å². The van der Waals surface area contributed by atoms with E-state index < -0.39 is 54.1 Å². The van der Waals surface area contributed by atoms with E-state index in [1.807, 2.05) is 0 Å². The maximum absolute atomic E-state index is 12.5. The van der Waals surface area contributed by atoms with Crippen LogP contribution in [0.4, 0.5) is 14.0 Å². The fraction of sp³-hybridized carbons (Fsp3) is 0.615. The van der Waals surface area contributed by atoms with Crippen molar-refractivity contribution in [3.63, 3.8) is 0 Å². The Balaban J connectivity index is 2.73. The summed E-state index contributed by atoms with van der Waals surface area (Å²) in [4.78, 5) is 56.4. The maximum Gasteiger partial charge on any atom is 0.515 e. The summed E-state index contributed by atoms with van der Waals surface area (Å²) in [5.74, 6) is -5.81. The second kappa shape index (κ2) is 6.81. The van der Waals surface area contributed by atoms with Gasteiger partial charge in [0.05, 0.1) is 5.41 Å². The van der Waals surface area contributed by atoms with Crippen LogP contribution in [0.1, 0.15) is 34.1 Å². The lowest BCUT2D eigenvalue weighted by Gasteiger charge is -2.24. The third-order valence-electron chi connectivity index (χ3n) is 2.63. The number of imide groups is 1. The summed E-state index contributed by atoms with van der Waals surface area (Å²) >= 11 is 0. The number of carbonyl (C=O) groups is 5. The molecule has 0 aliphatic carbocycles. The molecule has 0 spiro atoms. The van der Waals surface area contributed by atoms with Crippen LogP contribution in [-0.4, -0.2) is 42.2 Å². The molecule has 2 unspecified atom stereocenters. The highest BCUT2D eigenvalue weighted by Crippen LogP contribution is 2.26. The molecule has 2 amide bonds. The molecule has 0 aromatic rings. The Labute approximate surface area is 135 Å². The van der Waals surface area contributed by atoms with Crippen molar-refractivity contribution in [3.8, 4) is 0 Å². The summed E-state index contributed by atoms with van der Waals surface area (Å²) in [6, 6.07) is 0. The van der Waals surface area contributed by atoms with Gasteiger partial charge in [-0.25, -0.2) is 9.59 Å². The molecule has 0 saturated carbocycles. The van der Waals surface area contributed by atoms with Crippen LogP contribution in [0.3, 0.4) is 0 Å². The van der Waals surface area contributed by atoms with Gasteiger partial charge in [0, 0.05) is 6.92 Å². The van der Waals surface area contributed by atoms with E-state index in [0.717, 1.165) is 0 Å². The Bertz CT molecular complexity index is 582. The zero-order valence-electron chi connectivity index (χ0n) is 13.3. The molecule has 11 heteroatoms. The van der Waals surface area contributed by atoms with Gasteiger partial charge in [0.1, 0.15) is 6.42 Å². The van der Waals surface area contributed by atoms with E-state index in [1.165, 1.54) is 6.92 Å². The van der Waals surface area contributed by atoms with Gasteiger partial charge in [-0.1, -0.05) is 0 Å². The van der Waals surface area contributed by atoms with Gasteiger partial charge in [-0.3, -0.25) is 19.7 Å². The molecule has 2 atom stereocenters. The van der Waals surface area contributed by atoms with Gasteiger partial charge >= 0.3 is 30.0 Å². The summed E-state index contributed by atoms with van der Waals surface area (Å²) in [6.45, 7) is 5.86. The van der Waals surface area contributed by atoms with Gasteiger partial charge in [0.2, 0.25) is 12.2 Å². The Kier molecular flexibility index (Phi) is 5.48. The van der Waals surface area contributed by atoms with E-state index in [4.69, 9.17) is 4.74 Å². The molecule has 1 N–H and O–H groups in total. The Morgan fingerprint density at radius 3 is 2.17 bits per heavy atom. The van der Waals surface area contributed by atoms with E-state index in [0.29, 0.717) is 0 Å². The van der Waals surface area contributed by atoms with Gasteiger partial charge in [0.15, 0.2) is 0 Å². The molecule has 0 radical (unpaired) electrons. The highest BCUT2D eigenvalue weighted by atomic mass is 19.1. The number of nitrogens with one attached hydrogen (secondary N) is 1. The molecular formula is C13H16FNO9. The zero-order chi connectivity index (χ0) is 18.7. The van der Waals surface area contributed by atoms with Crippen LogP contribution in [-0.2, 0) is 33.3 Å². The van der Waals surface area contributed by atoms with Gasteiger partial charge in [-0.2, -0.15) is 0 Å². The molecule has 134 valence electrons. The molecule has 0 aromatic heterocycles. The second-order valence-corrected chi connectivity index (χ2v) is 5.84. The van der Waals surface area contributed by atoms with Crippen molar-refractivity contribution in [2.24, 2.45) is 5.41 Å². The van der Waals surface area contributed by atoms with Crippen LogP contribution < -0.4 is 5.32 Å². The third kappa shape index (κ3) is 4.89. The molecule has 10 nitrogen and oxygen atoms in total. The first-order valence-electron chi connectivity index (χ1n) is 6.69. The first kappa shape index (κ1) is 19.3. The SMILES string of the molecule is CC(OC(=O)OC1(OC(=O)F)CC(=O)NC1=O)OC(=O)C(C)(C)C. The van der Waals surface area contributed by atoms with Crippen LogP contribution in [0.25, 0.3) is 0 Å². The van der Waals surface area contributed by atoms with Gasteiger partial charge in [0.25, 0.3) is 0 Å². The lowest BCUT2D eigenvalue weighted by Crippen LogP contribution is -2.46. The standard InChI is InChI=1S/C13H16FNO9/c1-6(21-9(18)12(2,3)4)22-11(20)24-13(23-10(14)19)5-7(16)15-8(13)17/h6H,5H2,1-4H3,(H,15,16,17). The van der Waals surface area contributed by atoms with Crippen molar-refractivity contribution >= 4 is 30.2 Å². The molecule has 0 aromatic carbocycles. The quantitative estimate of drug-likeness (QED) is 0.340. The van der Waals surface area contributed by atoms with Gasteiger partial charge < -0.3 is 18.9 Å². The second-order valence-electron chi connectivity index (χ2n) is 5.84. The highest BCUT2D eigenvalue weighted by molar-refractivity contribution is 6.08. The Morgan fingerprint density at radius 1 is 1.17 bits per heavy atom. The lowest BCUT2D eigenvalue weighted by atomic mass is 9.97. The monoisotopic (exact) mass is 349 g/mol. The number of amides is 2. The number of ether oxygens (including phenoxy) is 4. The first-order chi connectivity index (χ1) is 10.9. The van der Waals surface area contributed by atoms with Crippen molar-refractivity contribution in [1.82, 2.24) is 5.32 Å². The summed E-state index contributed by atoms with van der Waals surface area (Å²) in [5, 5.41) is 1.68. The topological polar surface area (TPSA) is 134 Å². The first-order valence-corrected chi connectivity index (χ1v) is 6.69. The van der Waals surface area contributed by atoms with Crippen LogP contribution in [0.5, 0.6) is 0 Å². The molecular weight excluding hydrogens is 333 g/mol. The minimum atomic E-state index is -2.81. The number of carbonyl (C=O) groups excluding carboxylic acids is 5. The molecule has 1 saturated heterocycles. The summed E-state index contributed by atoms with van der Waals surface area (Å²) < 4.78 is 30.3. The zero-order valence-corrected chi connectivity index (χ0v) is 13.3. The largest absolute Gasteiger partial charge is 0.515 e. The molecule has 24 heavy (non-hydrogen) atoms. The van der Waals surface area contributed by atoms with Crippen molar-refractivity contribution in [1.29, 1.82) is 0 Å². The molecule has 1 fully saturated rings. The predicted molar refractivity (Wildman–Crippen MR) is 70.7 cm³/mol. The number of hydrogen-bond donors (Lipinski definition) is 1. The fourth-order valence-corrected chi connectivity index (χ4v) is 1.52. The molecule has 1 heterocycles. The number of hydrogen-bond acceptors (Lipinski definition) is 9. The highest BCUT2D eigenvalue weighted by Gasteiger charge is 2.55. The predicted octanol–water partition coefficient (Wildman–Crippen LogP) is 0.924. The van der Waals surface area contributed by atoms with Gasteiger partial charge in [-0.15, -0.1) is 4.39 Å². The average Bonchev–Trinajstić information content (AvgIpc) is 2.60. The van der Waals surface area contributed by atoms with E-state index >= 15 is 0 Å². The van der Waals surface area contributed by atoms with E-state index in [-0.39, 0.29) is 0 Å². The van der Waals surface area contributed by atoms with E-state index in [9.17, 15) is 28.4 Å². The molecule has 1 aliphatic heterocycles. The Hall–Kier alpha value is -2.72. The third-order valence-corrected chi connectivity index (χ3v) is 2.63. The summed E-state index contributed by atoms with van der Waals surface area (Å²) in [6.07, 6.45) is -6.41. The molecule has 0 bridgehead atoms. The summed E-state index contributed by atoms with van der Waals surface area (Å²) in [7, 11) is 0. The van der Waals surface area contributed by atoms with Crippen molar-refractivity contribution in [3.05, 3.63) is 0 Å². The minimum Gasteiger partial charge on any atom is -0.425 e. The normalized spacial score (nSPS) is 21.5. The molecule has 1 aliphatic rings. The number of rotatable bonds is 4. The number of esters is 1. The Morgan fingerprint density at radius 2 is 1.75 bits per heavy atom. The van der Waals surface area contributed by atoms with Crippen molar-refractivity contribution < 1.29 is 47.3 Å². The average molecular weight is 349 g/mol. The molecule has 1 rings (SSSR count). The smallest absolute Gasteiger partial charge is 0.425 e. The number of halogens is 1. The van der Waals surface area contributed by atoms with E-state index in [1.54, 1.807) is 26.1 Å². The fourth-order valence-electron chi connectivity index (χ4n) is 1.52. The van der Waals surface area contributed by atoms with Crippen LogP contribution >= 0.6 is 0 Å². The van der Waals surface area contributed by atoms with Crippen molar-refractivity contribution in [2.75, 3.05) is 0 Å². The maximum atomic E-state index is 12.5. The van der Waals surface area contributed by atoms with Crippen LogP contribution in [0, 0.1) is 5.41 Å². The lowest BCUT2D eigenvalue weighted by molar-refractivity contribution is -0.202.